The molecule has 1 N–H and O–H groups in total. The lowest BCUT2D eigenvalue weighted by Crippen LogP contribution is -2.46. The van der Waals surface area contributed by atoms with Crippen LogP contribution in [0.4, 0.5) is 0 Å². The predicted molar refractivity (Wildman–Crippen MR) is 109 cm³/mol. The van der Waals surface area contributed by atoms with Crippen LogP contribution in [0.25, 0.3) is 11.1 Å². The molecule has 0 unspecified atom stereocenters. The minimum atomic E-state index is -0.772. The highest BCUT2D eigenvalue weighted by molar-refractivity contribution is 5.95. The summed E-state index contributed by atoms with van der Waals surface area (Å²) >= 11 is 0. The van der Waals surface area contributed by atoms with E-state index in [2.05, 4.69) is 9.97 Å². The number of hydrogen-bond donors (Lipinski definition) is 1. The standard InChI is InChI=1S/C22H22N4O3/c1-14(2)25-11-12-26-18(24-21(28)20(27)19(26)22(25)29)13-16-5-3-4-6-17(16)15-7-9-23-10-8-15/h3-10,14,27H,11-13H2,1-2H3. The summed E-state index contributed by atoms with van der Waals surface area (Å²) < 4.78 is 1.68. The van der Waals surface area contributed by atoms with Crippen molar-refractivity contribution < 1.29 is 9.90 Å². The van der Waals surface area contributed by atoms with Gasteiger partial charge in [-0.25, -0.2) is 0 Å². The molecule has 1 aliphatic heterocycles. The van der Waals surface area contributed by atoms with Crippen LogP contribution in [-0.2, 0) is 13.0 Å². The summed E-state index contributed by atoms with van der Waals surface area (Å²) in [5.41, 5.74) is 2.26. The molecule has 148 valence electrons. The van der Waals surface area contributed by atoms with Crippen LogP contribution in [0.3, 0.4) is 0 Å². The van der Waals surface area contributed by atoms with Crippen LogP contribution in [0.15, 0.2) is 53.6 Å². The first-order valence-corrected chi connectivity index (χ1v) is 9.59. The Balaban J connectivity index is 1.81. The molecule has 1 amide bonds. The molecule has 1 aliphatic rings. The monoisotopic (exact) mass is 390 g/mol. The summed E-state index contributed by atoms with van der Waals surface area (Å²) in [6.07, 6.45) is 3.84. The largest absolute Gasteiger partial charge is 0.501 e. The van der Waals surface area contributed by atoms with Crippen molar-refractivity contribution in [3.05, 3.63) is 76.2 Å². The van der Waals surface area contributed by atoms with Gasteiger partial charge in [0.1, 0.15) is 5.82 Å². The highest BCUT2D eigenvalue weighted by atomic mass is 16.3. The van der Waals surface area contributed by atoms with E-state index < -0.39 is 11.3 Å². The fourth-order valence-corrected chi connectivity index (χ4v) is 3.78. The molecule has 7 nitrogen and oxygen atoms in total. The highest BCUT2D eigenvalue weighted by Gasteiger charge is 2.32. The van der Waals surface area contributed by atoms with Crippen LogP contribution in [0.5, 0.6) is 5.75 Å². The summed E-state index contributed by atoms with van der Waals surface area (Å²) in [4.78, 5) is 35.0. The van der Waals surface area contributed by atoms with Gasteiger partial charge in [0, 0.05) is 37.9 Å². The van der Waals surface area contributed by atoms with Gasteiger partial charge in [-0.3, -0.25) is 14.6 Å². The van der Waals surface area contributed by atoms with E-state index in [0.717, 1.165) is 16.7 Å². The van der Waals surface area contributed by atoms with Crippen LogP contribution in [0.2, 0.25) is 0 Å². The molecule has 0 atom stereocenters. The number of pyridine rings is 1. The number of nitrogens with zero attached hydrogens (tertiary/aromatic N) is 4. The maximum Gasteiger partial charge on any atom is 0.315 e. The number of benzene rings is 1. The Labute approximate surface area is 168 Å². The molecule has 0 saturated carbocycles. The molecule has 4 rings (SSSR count). The molecule has 7 heteroatoms. The number of carbonyl (C=O) groups is 1. The zero-order chi connectivity index (χ0) is 20.5. The smallest absolute Gasteiger partial charge is 0.315 e. The molecule has 3 heterocycles. The van der Waals surface area contributed by atoms with Gasteiger partial charge in [0.2, 0.25) is 5.75 Å². The first kappa shape index (κ1) is 18.9. The lowest BCUT2D eigenvalue weighted by molar-refractivity contribution is 0.0638. The Hall–Kier alpha value is -3.48. The number of fused-ring (bicyclic) bond motifs is 1. The molecule has 1 aromatic carbocycles. The molecular formula is C22H22N4O3. The zero-order valence-electron chi connectivity index (χ0n) is 16.4. The first-order chi connectivity index (χ1) is 14.0. The fourth-order valence-electron chi connectivity index (χ4n) is 3.78. The number of carbonyl (C=O) groups excluding carboxylic acids is 1. The van der Waals surface area contributed by atoms with E-state index in [1.165, 1.54) is 0 Å². The van der Waals surface area contributed by atoms with Gasteiger partial charge in [-0.05, 0) is 42.7 Å². The van der Waals surface area contributed by atoms with Crippen LogP contribution >= 0.6 is 0 Å². The number of amides is 1. The van der Waals surface area contributed by atoms with Gasteiger partial charge < -0.3 is 14.6 Å². The molecule has 0 radical (unpaired) electrons. The van der Waals surface area contributed by atoms with Crippen LogP contribution < -0.4 is 5.56 Å². The van der Waals surface area contributed by atoms with Gasteiger partial charge in [0.25, 0.3) is 5.91 Å². The van der Waals surface area contributed by atoms with E-state index in [1.54, 1.807) is 21.9 Å². The summed E-state index contributed by atoms with van der Waals surface area (Å²) in [6, 6.07) is 11.7. The topological polar surface area (TPSA) is 88.3 Å². The summed E-state index contributed by atoms with van der Waals surface area (Å²) in [5.74, 6) is -0.445. The van der Waals surface area contributed by atoms with E-state index in [4.69, 9.17) is 0 Å². The first-order valence-electron chi connectivity index (χ1n) is 9.59. The average molecular weight is 390 g/mol. The molecule has 0 bridgehead atoms. The van der Waals surface area contributed by atoms with Crippen molar-refractivity contribution in [2.45, 2.75) is 32.9 Å². The summed E-state index contributed by atoms with van der Waals surface area (Å²) in [5, 5.41) is 10.3. The van der Waals surface area contributed by atoms with Gasteiger partial charge in [-0.15, -0.1) is 0 Å². The third-order valence-corrected chi connectivity index (χ3v) is 5.25. The number of hydrogen-bond acceptors (Lipinski definition) is 5. The fraction of sp³-hybridized carbons (Fsp3) is 0.273. The molecule has 0 spiro atoms. The van der Waals surface area contributed by atoms with Crippen LogP contribution in [-0.4, -0.2) is 43.0 Å². The summed E-state index contributed by atoms with van der Waals surface area (Å²) in [7, 11) is 0. The van der Waals surface area contributed by atoms with Crippen LogP contribution in [0.1, 0.15) is 35.7 Å². The van der Waals surface area contributed by atoms with Gasteiger partial charge in [0.05, 0.1) is 0 Å². The second-order valence-corrected chi connectivity index (χ2v) is 7.34. The van der Waals surface area contributed by atoms with Crippen molar-refractivity contribution in [3.63, 3.8) is 0 Å². The van der Waals surface area contributed by atoms with Crippen molar-refractivity contribution in [1.82, 2.24) is 19.4 Å². The Morgan fingerprint density at radius 3 is 2.52 bits per heavy atom. The third kappa shape index (κ3) is 3.40. The maximum absolute atomic E-state index is 12.9. The SMILES string of the molecule is CC(C)N1CCn2c(Cc3ccccc3-c3ccncc3)nc(=O)c(O)c2C1=O. The Bertz CT molecular complexity index is 1120. The van der Waals surface area contributed by atoms with Crippen molar-refractivity contribution in [2.24, 2.45) is 0 Å². The number of rotatable bonds is 4. The van der Waals surface area contributed by atoms with Gasteiger partial charge >= 0.3 is 5.56 Å². The van der Waals surface area contributed by atoms with E-state index in [9.17, 15) is 14.7 Å². The molecular weight excluding hydrogens is 368 g/mol. The minimum absolute atomic E-state index is 0.0187. The highest BCUT2D eigenvalue weighted by Crippen LogP contribution is 2.27. The zero-order valence-corrected chi connectivity index (χ0v) is 16.4. The second kappa shape index (κ2) is 7.50. The van der Waals surface area contributed by atoms with Crippen LogP contribution in [0, 0.1) is 0 Å². The van der Waals surface area contributed by atoms with E-state index in [-0.39, 0.29) is 17.6 Å². The van der Waals surface area contributed by atoms with Crippen molar-refractivity contribution in [1.29, 1.82) is 0 Å². The Morgan fingerprint density at radius 1 is 1.07 bits per heavy atom. The van der Waals surface area contributed by atoms with Crippen molar-refractivity contribution in [3.8, 4) is 16.9 Å². The lowest BCUT2D eigenvalue weighted by atomic mass is 9.98. The molecule has 0 aliphatic carbocycles. The third-order valence-electron chi connectivity index (χ3n) is 5.25. The molecule has 0 saturated heterocycles. The van der Waals surface area contributed by atoms with E-state index in [1.807, 2.05) is 50.2 Å². The lowest BCUT2D eigenvalue weighted by Gasteiger charge is -2.34. The average Bonchev–Trinajstić information content (AvgIpc) is 2.72. The maximum atomic E-state index is 12.9. The number of aromatic hydroxyl groups is 1. The van der Waals surface area contributed by atoms with Gasteiger partial charge in [-0.2, -0.15) is 4.98 Å². The van der Waals surface area contributed by atoms with Crippen molar-refractivity contribution >= 4 is 5.91 Å². The molecule has 29 heavy (non-hydrogen) atoms. The molecule has 3 aromatic rings. The van der Waals surface area contributed by atoms with Gasteiger partial charge in [-0.1, -0.05) is 24.3 Å². The Morgan fingerprint density at radius 2 is 1.79 bits per heavy atom. The van der Waals surface area contributed by atoms with Gasteiger partial charge in [0.15, 0.2) is 5.69 Å². The molecule has 0 fully saturated rings. The van der Waals surface area contributed by atoms with E-state index in [0.29, 0.717) is 25.3 Å². The van der Waals surface area contributed by atoms with Crippen molar-refractivity contribution in [2.75, 3.05) is 6.54 Å². The quantitative estimate of drug-likeness (QED) is 0.739. The normalized spacial score (nSPS) is 13.6. The minimum Gasteiger partial charge on any atom is -0.501 e. The van der Waals surface area contributed by atoms with E-state index >= 15 is 0 Å². The number of aromatic nitrogens is 3. The predicted octanol–water partition coefficient (Wildman–Crippen LogP) is 2.47. The molecule has 2 aromatic heterocycles. The Kier molecular flexibility index (Phi) is 4.88. The second-order valence-electron chi connectivity index (χ2n) is 7.34. The summed E-state index contributed by atoms with van der Waals surface area (Å²) in [6.45, 7) is 4.81.